The number of carbonyl (C=O) groups excluding carboxylic acids is 1. The average Bonchev–Trinajstić information content (AvgIpc) is 2.79. The second-order valence-electron chi connectivity index (χ2n) is 6.54. The fourth-order valence-corrected chi connectivity index (χ4v) is 6.52. The molecule has 4 aromatic rings. The summed E-state index contributed by atoms with van der Waals surface area (Å²) in [7, 11) is -3.38. The fourth-order valence-electron chi connectivity index (χ4n) is 3.51. The Hall–Kier alpha value is -3.23. The van der Waals surface area contributed by atoms with Gasteiger partial charge in [-0.2, -0.15) is 0 Å². The van der Waals surface area contributed by atoms with Gasteiger partial charge >= 0.3 is 5.97 Å². The first kappa shape index (κ1) is 19.1. The number of carbonyl (C=O) groups is 1. The molecule has 0 bridgehead atoms. The van der Waals surface area contributed by atoms with Crippen molar-refractivity contribution in [2.24, 2.45) is 0 Å². The van der Waals surface area contributed by atoms with Crippen LogP contribution in [0.25, 0.3) is 10.9 Å². The van der Waals surface area contributed by atoms with Crippen LogP contribution in [0.3, 0.4) is 0 Å². The van der Waals surface area contributed by atoms with Gasteiger partial charge in [0.05, 0.1) is 17.7 Å². The number of benzene rings is 3. The van der Waals surface area contributed by atoms with Crippen molar-refractivity contribution in [3.05, 3.63) is 96.7 Å². The second-order valence-corrected chi connectivity index (χ2v) is 9.24. The van der Waals surface area contributed by atoms with Gasteiger partial charge < -0.3 is 9.30 Å². The van der Waals surface area contributed by atoms with Gasteiger partial charge in [0.25, 0.3) is 0 Å². The van der Waals surface area contributed by atoms with E-state index in [1.807, 2.05) is 84.9 Å². The van der Waals surface area contributed by atoms with E-state index < -0.39 is 13.1 Å². The summed E-state index contributed by atoms with van der Waals surface area (Å²) in [6, 6.07) is 26.0. The van der Waals surface area contributed by atoms with E-state index in [1.54, 1.807) is 6.92 Å². The molecule has 4 nitrogen and oxygen atoms in total. The van der Waals surface area contributed by atoms with Crippen LogP contribution in [-0.2, 0) is 9.30 Å². The molecule has 1 aromatic heterocycles. The van der Waals surface area contributed by atoms with E-state index in [2.05, 4.69) is 4.98 Å². The van der Waals surface area contributed by atoms with Crippen molar-refractivity contribution in [3.8, 4) is 0 Å². The lowest BCUT2D eigenvalue weighted by Gasteiger charge is -2.23. The largest absolute Gasteiger partial charge is 0.462 e. The quantitative estimate of drug-likeness (QED) is 0.374. The molecule has 0 saturated carbocycles. The molecule has 0 fully saturated rings. The van der Waals surface area contributed by atoms with Gasteiger partial charge in [-0.1, -0.05) is 78.9 Å². The van der Waals surface area contributed by atoms with Gasteiger partial charge in [0, 0.05) is 27.5 Å². The summed E-state index contributed by atoms with van der Waals surface area (Å²) in [5, 5.41) is 2.48. The van der Waals surface area contributed by atoms with E-state index in [0.29, 0.717) is 26.8 Å². The molecule has 144 valence electrons. The van der Waals surface area contributed by atoms with Crippen molar-refractivity contribution in [1.82, 2.24) is 4.98 Å². The van der Waals surface area contributed by atoms with Gasteiger partial charge in [-0.3, -0.25) is 4.98 Å². The highest BCUT2D eigenvalue weighted by molar-refractivity contribution is 7.85. The van der Waals surface area contributed by atoms with Gasteiger partial charge in [-0.15, -0.1) is 0 Å². The lowest BCUT2D eigenvalue weighted by Crippen LogP contribution is -2.30. The molecule has 5 heteroatoms. The SMILES string of the molecule is CCOC(=O)c1cnc2ccccc2c1P(=O)(c1ccccc1)c1ccccc1. The predicted molar refractivity (Wildman–Crippen MR) is 117 cm³/mol. The Labute approximate surface area is 169 Å². The molecule has 3 aromatic carbocycles. The highest BCUT2D eigenvalue weighted by atomic mass is 31.2. The smallest absolute Gasteiger partial charge is 0.340 e. The van der Waals surface area contributed by atoms with Crippen molar-refractivity contribution >= 4 is 39.9 Å². The molecular weight excluding hydrogens is 381 g/mol. The molecule has 29 heavy (non-hydrogen) atoms. The molecule has 0 radical (unpaired) electrons. The van der Waals surface area contributed by atoms with Crippen LogP contribution in [0.1, 0.15) is 17.3 Å². The minimum absolute atomic E-state index is 0.228. The predicted octanol–water partition coefficient (Wildman–Crippen LogP) is 4.05. The van der Waals surface area contributed by atoms with Crippen LogP contribution in [-0.4, -0.2) is 17.6 Å². The van der Waals surface area contributed by atoms with Crippen LogP contribution in [0.4, 0.5) is 0 Å². The minimum Gasteiger partial charge on any atom is -0.462 e. The number of para-hydroxylation sites is 1. The maximum atomic E-state index is 14.9. The molecule has 1 heterocycles. The first-order valence-electron chi connectivity index (χ1n) is 9.43. The van der Waals surface area contributed by atoms with Gasteiger partial charge in [-0.25, -0.2) is 4.79 Å². The van der Waals surface area contributed by atoms with Crippen molar-refractivity contribution in [1.29, 1.82) is 0 Å². The van der Waals surface area contributed by atoms with Crippen LogP contribution in [0.15, 0.2) is 91.1 Å². The maximum absolute atomic E-state index is 14.9. The molecule has 0 saturated heterocycles. The Balaban J connectivity index is 2.14. The zero-order chi connectivity index (χ0) is 20.3. The molecule has 4 rings (SSSR count). The van der Waals surface area contributed by atoms with Gasteiger partial charge in [-0.05, 0) is 13.0 Å². The molecule has 0 spiro atoms. The molecular formula is C24H20NO3P. The maximum Gasteiger partial charge on any atom is 0.340 e. The van der Waals surface area contributed by atoms with Crippen molar-refractivity contribution < 1.29 is 14.1 Å². The summed E-state index contributed by atoms with van der Waals surface area (Å²) >= 11 is 0. The van der Waals surface area contributed by atoms with Crippen LogP contribution >= 0.6 is 7.14 Å². The number of nitrogens with zero attached hydrogens (tertiary/aromatic N) is 1. The van der Waals surface area contributed by atoms with Crippen molar-refractivity contribution in [3.63, 3.8) is 0 Å². The monoisotopic (exact) mass is 401 g/mol. The van der Waals surface area contributed by atoms with E-state index in [1.165, 1.54) is 6.20 Å². The first-order chi connectivity index (χ1) is 14.2. The molecule has 0 aliphatic rings. The van der Waals surface area contributed by atoms with Gasteiger partial charge in [0.2, 0.25) is 0 Å². The Morgan fingerprint density at radius 1 is 0.862 bits per heavy atom. The van der Waals surface area contributed by atoms with Crippen molar-refractivity contribution in [2.45, 2.75) is 6.92 Å². The highest BCUT2D eigenvalue weighted by Gasteiger charge is 2.36. The average molecular weight is 401 g/mol. The minimum atomic E-state index is -3.38. The molecule has 0 unspecified atom stereocenters. The summed E-state index contributed by atoms with van der Waals surface area (Å²) in [5.41, 5.74) is 0.921. The number of aromatic nitrogens is 1. The normalized spacial score (nSPS) is 11.3. The molecule has 0 atom stereocenters. The van der Waals surface area contributed by atoms with Gasteiger partial charge in [0.15, 0.2) is 7.14 Å². The van der Waals surface area contributed by atoms with E-state index in [0.717, 1.165) is 0 Å². The van der Waals surface area contributed by atoms with E-state index >= 15 is 0 Å². The summed E-state index contributed by atoms with van der Waals surface area (Å²) in [6.45, 7) is 1.98. The summed E-state index contributed by atoms with van der Waals surface area (Å²) in [6.07, 6.45) is 1.48. The first-order valence-corrected chi connectivity index (χ1v) is 11.1. The molecule has 0 N–H and O–H groups in total. The van der Waals surface area contributed by atoms with E-state index in [9.17, 15) is 9.36 Å². The Bertz CT molecular complexity index is 1160. The summed E-state index contributed by atoms with van der Waals surface area (Å²) < 4.78 is 20.2. The standard InChI is InChI=1S/C24H20NO3P/c1-2-28-24(26)21-17-25-22-16-10-9-15-20(22)23(21)29(27,18-11-5-3-6-12-18)19-13-7-4-8-14-19/h3-17H,2H2,1H3. The number of hydrogen-bond donors (Lipinski definition) is 0. The zero-order valence-electron chi connectivity index (χ0n) is 16.0. The molecule has 0 aliphatic heterocycles. The lowest BCUT2D eigenvalue weighted by molar-refractivity contribution is 0.0527. The summed E-state index contributed by atoms with van der Waals surface area (Å²) in [5.74, 6) is -0.521. The molecule has 0 aliphatic carbocycles. The number of ether oxygens (including phenoxy) is 1. The second kappa shape index (κ2) is 8.02. The summed E-state index contributed by atoms with van der Waals surface area (Å²) in [4.78, 5) is 17.3. The Morgan fingerprint density at radius 2 is 1.41 bits per heavy atom. The third-order valence-electron chi connectivity index (χ3n) is 4.80. The lowest BCUT2D eigenvalue weighted by atomic mass is 10.1. The number of esters is 1. The van der Waals surface area contributed by atoms with E-state index in [4.69, 9.17) is 4.74 Å². The topological polar surface area (TPSA) is 56.3 Å². The fraction of sp³-hybridized carbons (Fsp3) is 0.0833. The van der Waals surface area contributed by atoms with Gasteiger partial charge in [0.1, 0.15) is 0 Å². The third-order valence-corrected chi connectivity index (χ3v) is 7.96. The Kier molecular flexibility index (Phi) is 5.28. The number of fused-ring (bicyclic) bond motifs is 1. The van der Waals surface area contributed by atoms with Crippen molar-refractivity contribution in [2.75, 3.05) is 6.61 Å². The number of hydrogen-bond acceptors (Lipinski definition) is 4. The van der Waals surface area contributed by atoms with Crippen LogP contribution in [0, 0.1) is 0 Å². The van der Waals surface area contributed by atoms with Crippen LogP contribution in [0.2, 0.25) is 0 Å². The third kappa shape index (κ3) is 3.37. The Morgan fingerprint density at radius 3 is 2.00 bits per heavy atom. The van der Waals surface area contributed by atoms with Crippen LogP contribution in [0.5, 0.6) is 0 Å². The van der Waals surface area contributed by atoms with E-state index in [-0.39, 0.29) is 12.2 Å². The number of pyridine rings is 1. The highest BCUT2D eigenvalue weighted by Crippen LogP contribution is 2.45. The number of rotatable bonds is 5. The van der Waals surface area contributed by atoms with Crippen LogP contribution < -0.4 is 15.9 Å². The zero-order valence-corrected chi connectivity index (χ0v) is 16.9. The molecule has 0 amide bonds.